The molecule has 24 heteroatoms. The molecule has 0 aliphatic rings. The minimum Gasteiger partial charge on any atom is -0.846 e. The third kappa shape index (κ3) is 19.8. The number of aromatic nitrogens is 8. The van der Waals surface area contributed by atoms with Crippen LogP contribution in [0.4, 0.5) is 0 Å². The van der Waals surface area contributed by atoms with Crippen molar-refractivity contribution in [1.82, 2.24) is 34.6 Å². The van der Waals surface area contributed by atoms with Crippen LogP contribution in [0.15, 0.2) is 42.0 Å². The SMILES string of the molecule is O.O.O=c1ccn2[nH]cnc2n1.[Ag+].[Ag+].[O-][Cl+3]([O-])([O-])[O-].[O-][Cl+3]([O-])([O-])[O-].[O-]c1cc[n+]2[nH]cnc2n1. The zero-order valence-corrected chi connectivity index (χ0v) is 20.1. The first-order valence-electron chi connectivity index (χ1n) is 6.73. The summed E-state index contributed by atoms with van der Waals surface area (Å²) in [7, 11) is -9.89. The molecule has 0 aliphatic carbocycles. The van der Waals surface area contributed by atoms with E-state index in [9.17, 15) is 9.90 Å². The van der Waals surface area contributed by atoms with Crippen molar-refractivity contribution in [2.75, 3.05) is 0 Å². The van der Waals surface area contributed by atoms with Crippen LogP contribution in [0.3, 0.4) is 0 Å². The van der Waals surface area contributed by atoms with Gasteiger partial charge in [0.1, 0.15) is 6.33 Å². The fourth-order valence-electron chi connectivity index (χ4n) is 1.47. The summed E-state index contributed by atoms with van der Waals surface area (Å²) in [5.41, 5.74) is -0.271. The van der Waals surface area contributed by atoms with Gasteiger partial charge in [0.25, 0.3) is 11.3 Å². The molecule has 0 fully saturated rings. The summed E-state index contributed by atoms with van der Waals surface area (Å²) in [6, 6.07) is 2.73. The van der Waals surface area contributed by atoms with Crippen LogP contribution in [0.5, 0.6) is 5.88 Å². The van der Waals surface area contributed by atoms with E-state index in [1.807, 2.05) is 0 Å². The summed E-state index contributed by atoms with van der Waals surface area (Å²) in [6.07, 6.45) is 6.11. The second-order valence-electron chi connectivity index (χ2n) is 4.40. The van der Waals surface area contributed by atoms with Crippen molar-refractivity contribution >= 4 is 11.6 Å². The van der Waals surface area contributed by atoms with Gasteiger partial charge >= 0.3 is 50.5 Å². The Balaban J connectivity index is -0.000000179. The minimum absolute atomic E-state index is 0. The molecule has 0 aromatic carbocycles. The second-order valence-corrected chi connectivity index (χ2v) is 5.91. The Kier molecular flexibility index (Phi) is 20.7. The maximum atomic E-state index is 10.6. The largest absolute Gasteiger partial charge is 1.00 e. The van der Waals surface area contributed by atoms with Crippen molar-refractivity contribution < 1.29 is 123 Å². The molecule has 4 rings (SSSR count). The Labute approximate surface area is 221 Å². The molecule has 0 radical (unpaired) electrons. The molecule has 0 amide bonds. The van der Waals surface area contributed by atoms with Crippen LogP contribution in [0, 0.1) is 20.5 Å². The van der Waals surface area contributed by atoms with E-state index >= 15 is 0 Å². The standard InChI is InChI=1S/2C5H4N4O.2Ag.2ClHO4.2H2O/c2*10-4-1-2-9-5(8-4)6-3-7-9;;;2*2-1(3,4)5;;/h2*1-3H,(H,6,7,8,10);;;2*(H,2,3,4,5);2*1H2/q;;2*+1;;;;/p-2. The summed E-state index contributed by atoms with van der Waals surface area (Å²) in [5, 5.41) is 16.1. The van der Waals surface area contributed by atoms with E-state index in [1.54, 1.807) is 21.4 Å². The summed E-state index contributed by atoms with van der Waals surface area (Å²) in [4.78, 5) is 25.4. The Morgan fingerprint density at radius 1 is 0.853 bits per heavy atom. The van der Waals surface area contributed by atoms with Crippen molar-refractivity contribution in [3.8, 4) is 5.88 Å². The predicted molar refractivity (Wildman–Crippen MR) is 69.8 cm³/mol. The third-order valence-electron chi connectivity index (χ3n) is 2.34. The fraction of sp³-hybridized carbons (Fsp3) is 0. The third-order valence-corrected chi connectivity index (χ3v) is 2.34. The number of H-pyrrole nitrogens is 2. The number of hydrogen-bond donors (Lipinski definition) is 2. The normalized spacial score (nSPS) is 9.65. The van der Waals surface area contributed by atoms with Gasteiger partial charge < -0.3 is 16.1 Å². The van der Waals surface area contributed by atoms with Gasteiger partial charge in [-0.15, -0.1) is 25.0 Å². The number of nitrogens with zero attached hydrogens (tertiary/aromatic N) is 6. The van der Waals surface area contributed by atoms with E-state index < -0.39 is 20.5 Å². The zero-order valence-electron chi connectivity index (χ0n) is 15.6. The summed E-state index contributed by atoms with van der Waals surface area (Å²) in [5.74, 6) is 0.520. The quantitative estimate of drug-likeness (QED) is 0.126. The molecule has 0 bridgehead atoms. The Hall–Kier alpha value is -1.64. The van der Waals surface area contributed by atoms with Crippen LogP contribution >= 0.6 is 0 Å². The van der Waals surface area contributed by atoms with Crippen molar-refractivity contribution in [1.29, 1.82) is 0 Å². The van der Waals surface area contributed by atoms with Crippen LogP contribution in [-0.4, -0.2) is 45.6 Å². The van der Waals surface area contributed by atoms with Crippen molar-refractivity contribution in [3.63, 3.8) is 0 Å². The number of rotatable bonds is 0. The molecular formula is C10H12Ag2Cl2N8O12. The fourth-order valence-corrected chi connectivity index (χ4v) is 1.47. The van der Waals surface area contributed by atoms with E-state index in [4.69, 9.17) is 37.3 Å². The molecule has 0 unspecified atom stereocenters. The second kappa shape index (κ2) is 17.7. The first-order chi connectivity index (χ1) is 13.7. The molecular weight excluding hydrogens is 711 g/mol. The summed E-state index contributed by atoms with van der Waals surface area (Å²) < 4.78 is 71.1. The first-order valence-corrected chi connectivity index (χ1v) is 9.20. The number of aromatic amines is 2. The van der Waals surface area contributed by atoms with Crippen molar-refractivity contribution in [2.45, 2.75) is 0 Å². The van der Waals surface area contributed by atoms with Crippen LogP contribution in [0.2, 0.25) is 0 Å². The van der Waals surface area contributed by atoms with Gasteiger partial charge in [-0.25, -0.2) is 51.9 Å². The van der Waals surface area contributed by atoms with Gasteiger partial charge in [-0.2, -0.15) is 4.98 Å². The molecule has 4 aromatic rings. The monoisotopic (exact) mass is 720 g/mol. The van der Waals surface area contributed by atoms with Gasteiger partial charge in [-0.3, -0.25) is 9.89 Å². The molecule has 0 saturated heterocycles. The summed E-state index contributed by atoms with van der Waals surface area (Å²) in [6.45, 7) is 0. The predicted octanol–water partition coefficient (Wildman–Crippen LogP) is -13.1. The topological polar surface area (TPSA) is 379 Å². The van der Waals surface area contributed by atoms with Crippen LogP contribution in [0.25, 0.3) is 11.6 Å². The molecule has 0 aliphatic heterocycles. The number of nitrogens with one attached hydrogen (secondary N) is 2. The van der Waals surface area contributed by atoms with Gasteiger partial charge in [0.15, 0.2) is 6.33 Å². The molecule has 0 spiro atoms. The molecule has 4 heterocycles. The van der Waals surface area contributed by atoms with Gasteiger partial charge in [0.05, 0.1) is 12.1 Å². The van der Waals surface area contributed by atoms with E-state index in [-0.39, 0.29) is 67.2 Å². The Morgan fingerprint density at radius 3 is 1.91 bits per heavy atom. The van der Waals surface area contributed by atoms with Gasteiger partial charge in [0, 0.05) is 12.3 Å². The van der Waals surface area contributed by atoms with E-state index in [0.29, 0.717) is 11.6 Å². The smallest absolute Gasteiger partial charge is 0.846 e. The molecule has 0 atom stereocenters. The Bertz CT molecular complexity index is 1090. The summed E-state index contributed by atoms with van der Waals surface area (Å²) >= 11 is 0. The van der Waals surface area contributed by atoms with Gasteiger partial charge in [-0.1, -0.05) is 9.97 Å². The van der Waals surface area contributed by atoms with Crippen LogP contribution < -0.4 is 52.5 Å². The molecule has 34 heavy (non-hydrogen) atoms. The average Bonchev–Trinajstić information content (AvgIpc) is 3.19. The maximum Gasteiger partial charge on any atom is 1.00 e. The van der Waals surface area contributed by atoms with Crippen LogP contribution in [-0.2, 0) is 44.8 Å². The number of hydrogen-bond acceptors (Lipinski definition) is 14. The van der Waals surface area contributed by atoms with E-state index in [0.717, 1.165) is 0 Å². The average molecular weight is 723 g/mol. The van der Waals surface area contributed by atoms with Crippen molar-refractivity contribution in [3.05, 3.63) is 47.5 Å². The number of fused-ring (bicyclic) bond motifs is 2. The van der Waals surface area contributed by atoms with E-state index in [1.165, 1.54) is 24.8 Å². The first kappa shape index (κ1) is 39.6. The Morgan fingerprint density at radius 2 is 1.38 bits per heavy atom. The molecule has 200 valence electrons. The minimum atomic E-state index is -4.94. The molecule has 0 saturated carbocycles. The van der Waals surface area contributed by atoms with Crippen molar-refractivity contribution in [2.24, 2.45) is 0 Å². The maximum absolute atomic E-state index is 10.6. The van der Waals surface area contributed by atoms with Crippen LogP contribution in [0.1, 0.15) is 0 Å². The zero-order chi connectivity index (χ0) is 22.9. The van der Waals surface area contributed by atoms with Gasteiger partial charge in [-0.05, 0) is 6.07 Å². The van der Waals surface area contributed by atoms with E-state index in [2.05, 4.69) is 30.1 Å². The molecule has 4 aromatic heterocycles. The van der Waals surface area contributed by atoms with Gasteiger partial charge in [0.2, 0.25) is 0 Å². The molecule has 6 N–H and O–H groups in total. The number of halogens is 2. The molecule has 20 nitrogen and oxygen atoms in total.